The number of fused-ring (bicyclic) bond motifs is 10. The summed E-state index contributed by atoms with van der Waals surface area (Å²) in [6.45, 7) is 0. The largest absolute Gasteiger partial charge is 0.208 e. The van der Waals surface area contributed by atoms with E-state index < -0.39 is 5.41 Å². The van der Waals surface area contributed by atoms with Gasteiger partial charge < -0.3 is 0 Å². The lowest BCUT2D eigenvalue weighted by Crippen LogP contribution is -2.26. The first-order valence-electron chi connectivity index (χ1n) is 18.2. The van der Waals surface area contributed by atoms with E-state index >= 15 is 0 Å². The highest BCUT2D eigenvalue weighted by atomic mass is 15.0. The van der Waals surface area contributed by atoms with Crippen LogP contribution in [0.5, 0.6) is 0 Å². The van der Waals surface area contributed by atoms with Crippen LogP contribution in [0, 0.1) is 0 Å². The molecule has 244 valence electrons. The van der Waals surface area contributed by atoms with E-state index in [1.807, 2.05) is 18.2 Å². The first-order valence-corrected chi connectivity index (χ1v) is 18.2. The van der Waals surface area contributed by atoms with Crippen LogP contribution in [-0.4, -0.2) is 15.0 Å². The smallest absolute Gasteiger partial charge is 0.164 e. The topological polar surface area (TPSA) is 38.7 Å². The van der Waals surface area contributed by atoms with Crippen LogP contribution >= 0.6 is 0 Å². The monoisotopic (exact) mass is 671 g/mol. The Hall–Kier alpha value is -6.97. The number of hydrogen-bond donors (Lipinski definition) is 0. The van der Waals surface area contributed by atoms with Crippen molar-refractivity contribution >= 4 is 43.1 Å². The highest BCUT2D eigenvalue weighted by molar-refractivity contribution is 6.17. The van der Waals surface area contributed by atoms with Gasteiger partial charge in [-0.2, -0.15) is 0 Å². The van der Waals surface area contributed by atoms with E-state index in [9.17, 15) is 0 Å². The molecule has 3 nitrogen and oxygen atoms in total. The molecular weight excluding hydrogens is 643 g/mol. The average Bonchev–Trinajstić information content (AvgIpc) is 3.71. The molecule has 0 atom stereocenters. The summed E-state index contributed by atoms with van der Waals surface area (Å²) in [5.74, 6) is 1.98. The van der Waals surface area contributed by atoms with E-state index in [0.29, 0.717) is 17.5 Å². The molecule has 2 aliphatic rings. The van der Waals surface area contributed by atoms with Gasteiger partial charge in [0.1, 0.15) is 0 Å². The molecule has 9 aromatic carbocycles. The molecule has 12 rings (SSSR count). The molecule has 0 N–H and O–H groups in total. The lowest BCUT2D eigenvalue weighted by molar-refractivity contribution is 0.797. The summed E-state index contributed by atoms with van der Waals surface area (Å²) in [5.41, 5.74) is 10.3. The van der Waals surface area contributed by atoms with E-state index in [2.05, 4.69) is 158 Å². The summed E-state index contributed by atoms with van der Waals surface area (Å²) in [4.78, 5) is 15.8. The molecule has 2 aliphatic carbocycles. The minimum atomic E-state index is -0.461. The number of benzene rings is 9. The number of aromatic nitrogens is 3. The first kappa shape index (κ1) is 28.7. The zero-order valence-corrected chi connectivity index (χ0v) is 28.6. The molecule has 0 saturated heterocycles. The maximum atomic E-state index is 5.34. The van der Waals surface area contributed by atoms with Gasteiger partial charge in [0.05, 0.1) is 5.41 Å². The van der Waals surface area contributed by atoms with Crippen LogP contribution in [0.1, 0.15) is 22.3 Å². The Morgan fingerprint density at radius 1 is 0.302 bits per heavy atom. The average molecular weight is 672 g/mol. The molecule has 0 fully saturated rings. The van der Waals surface area contributed by atoms with Gasteiger partial charge in [-0.3, -0.25) is 0 Å². The summed E-state index contributed by atoms with van der Waals surface area (Å²) in [6.07, 6.45) is 0. The van der Waals surface area contributed by atoms with Gasteiger partial charge in [-0.1, -0.05) is 164 Å². The predicted octanol–water partition coefficient (Wildman–Crippen LogP) is 12.2. The minimum Gasteiger partial charge on any atom is -0.208 e. The van der Waals surface area contributed by atoms with Gasteiger partial charge in [-0.25, -0.2) is 15.0 Å². The third kappa shape index (κ3) is 3.80. The van der Waals surface area contributed by atoms with Crippen LogP contribution < -0.4 is 0 Å². The SMILES string of the molecule is c1ccc(-c2nc(-c3ccc4c(c3)C3(c5ccccc5-4)c4cccc5ccc6cccc3c6c45)nc(-c3cc4ccccc4c4ccccc34)n2)cc1. The first-order chi connectivity index (χ1) is 26.3. The standard InChI is InChI=1S/C50H29N3/c1-2-12-32(13-3-1)47-51-48(53-49(52-47)40-28-33-14-4-5-17-35(33)36-18-6-7-19-37(36)40)34-26-27-39-38-20-8-9-21-41(38)50(44(39)29-34)42-22-10-15-30-24-25-31-16-11-23-43(50)46(31)45(30)42/h1-29H. The van der Waals surface area contributed by atoms with Crippen LogP contribution in [0.15, 0.2) is 176 Å². The number of hydrogen-bond acceptors (Lipinski definition) is 3. The molecule has 3 heteroatoms. The maximum Gasteiger partial charge on any atom is 0.164 e. The van der Waals surface area contributed by atoms with Crippen molar-refractivity contribution in [3.8, 4) is 45.3 Å². The Balaban J connectivity index is 1.15. The molecule has 0 radical (unpaired) electrons. The molecular formula is C50H29N3. The maximum absolute atomic E-state index is 5.34. The molecule has 1 aromatic heterocycles. The zero-order valence-electron chi connectivity index (χ0n) is 28.6. The minimum absolute atomic E-state index is 0.461. The quantitative estimate of drug-likeness (QED) is 0.176. The number of nitrogens with zero attached hydrogens (tertiary/aromatic N) is 3. The Morgan fingerprint density at radius 2 is 0.868 bits per heavy atom. The molecule has 0 amide bonds. The lowest BCUT2D eigenvalue weighted by atomic mass is 9.70. The highest BCUT2D eigenvalue weighted by Gasteiger charge is 2.50. The zero-order chi connectivity index (χ0) is 34.7. The fourth-order valence-electron chi connectivity index (χ4n) is 9.51. The van der Waals surface area contributed by atoms with Gasteiger partial charge in [0.25, 0.3) is 0 Å². The Bertz CT molecular complexity index is 3120. The van der Waals surface area contributed by atoms with E-state index in [1.54, 1.807) is 0 Å². The fourth-order valence-corrected chi connectivity index (χ4v) is 9.51. The second-order valence-electron chi connectivity index (χ2n) is 14.3. The van der Waals surface area contributed by atoms with Crippen molar-refractivity contribution in [3.05, 3.63) is 198 Å². The van der Waals surface area contributed by atoms with Gasteiger partial charge in [-0.05, 0) is 88.6 Å². The third-order valence-corrected chi connectivity index (χ3v) is 11.7. The Morgan fingerprint density at radius 3 is 1.64 bits per heavy atom. The normalized spacial score (nSPS) is 13.4. The van der Waals surface area contributed by atoms with Crippen molar-refractivity contribution in [2.24, 2.45) is 0 Å². The van der Waals surface area contributed by atoms with Crippen molar-refractivity contribution in [1.82, 2.24) is 15.0 Å². The molecule has 10 aromatic rings. The Labute approximate surface area is 305 Å². The summed E-state index contributed by atoms with van der Waals surface area (Å²) in [7, 11) is 0. The van der Waals surface area contributed by atoms with Crippen LogP contribution in [-0.2, 0) is 5.41 Å². The highest BCUT2D eigenvalue weighted by Crippen LogP contribution is 2.62. The van der Waals surface area contributed by atoms with E-state index in [0.717, 1.165) is 27.5 Å². The summed E-state index contributed by atoms with van der Waals surface area (Å²) in [6, 6.07) is 63.6. The van der Waals surface area contributed by atoms with Crippen molar-refractivity contribution in [2.75, 3.05) is 0 Å². The lowest BCUT2D eigenvalue weighted by Gasteiger charge is -2.31. The van der Waals surface area contributed by atoms with Crippen LogP contribution in [0.4, 0.5) is 0 Å². The van der Waals surface area contributed by atoms with Gasteiger partial charge >= 0.3 is 0 Å². The van der Waals surface area contributed by atoms with Gasteiger partial charge in [0, 0.05) is 16.7 Å². The summed E-state index contributed by atoms with van der Waals surface area (Å²) >= 11 is 0. The van der Waals surface area contributed by atoms with E-state index in [-0.39, 0.29) is 0 Å². The van der Waals surface area contributed by atoms with Crippen molar-refractivity contribution < 1.29 is 0 Å². The van der Waals surface area contributed by atoms with Gasteiger partial charge in [-0.15, -0.1) is 0 Å². The summed E-state index contributed by atoms with van der Waals surface area (Å²) in [5, 5.41) is 9.94. The molecule has 53 heavy (non-hydrogen) atoms. The molecule has 1 heterocycles. The fraction of sp³-hybridized carbons (Fsp3) is 0.0200. The van der Waals surface area contributed by atoms with Crippen LogP contribution in [0.3, 0.4) is 0 Å². The molecule has 0 unspecified atom stereocenters. The van der Waals surface area contributed by atoms with Crippen LogP contribution in [0.2, 0.25) is 0 Å². The van der Waals surface area contributed by atoms with Crippen molar-refractivity contribution in [3.63, 3.8) is 0 Å². The van der Waals surface area contributed by atoms with Crippen LogP contribution in [0.25, 0.3) is 88.4 Å². The van der Waals surface area contributed by atoms with Gasteiger partial charge in [0.2, 0.25) is 0 Å². The number of rotatable bonds is 3. The van der Waals surface area contributed by atoms with E-state index in [1.165, 1.54) is 65.7 Å². The molecule has 0 aliphatic heterocycles. The van der Waals surface area contributed by atoms with E-state index in [4.69, 9.17) is 15.0 Å². The molecule has 1 spiro atoms. The predicted molar refractivity (Wildman–Crippen MR) is 217 cm³/mol. The van der Waals surface area contributed by atoms with Crippen molar-refractivity contribution in [2.45, 2.75) is 5.41 Å². The second-order valence-corrected chi connectivity index (χ2v) is 14.3. The second kappa shape index (κ2) is 10.5. The molecule has 0 saturated carbocycles. The molecule has 0 bridgehead atoms. The van der Waals surface area contributed by atoms with Crippen molar-refractivity contribution in [1.29, 1.82) is 0 Å². The third-order valence-electron chi connectivity index (χ3n) is 11.7. The Kier molecular flexibility index (Phi) is 5.70. The van der Waals surface area contributed by atoms with Gasteiger partial charge in [0.15, 0.2) is 17.5 Å². The summed E-state index contributed by atoms with van der Waals surface area (Å²) < 4.78 is 0.